The fourth-order valence-electron chi connectivity index (χ4n) is 1.21. The zero-order chi connectivity index (χ0) is 13.1. The minimum atomic E-state index is -0.551. The van der Waals surface area contributed by atoms with Crippen molar-refractivity contribution in [3.05, 3.63) is 56.9 Å². The molecule has 0 fully saturated rings. The van der Waals surface area contributed by atoms with E-state index in [2.05, 4.69) is 20.9 Å². The third kappa shape index (κ3) is 2.80. The van der Waals surface area contributed by atoms with Crippen molar-refractivity contribution in [2.75, 3.05) is 0 Å². The topological polar surface area (TPSA) is 65.3 Å². The lowest BCUT2D eigenvalue weighted by Gasteiger charge is -2.06. The number of nitrogens with zero attached hydrogens (tertiary/aromatic N) is 2. The molecule has 0 radical (unpaired) electrons. The maximum atomic E-state index is 12.9. The Kier molecular flexibility index (Phi) is 3.52. The number of ether oxygens (including phenoxy) is 1. The van der Waals surface area contributed by atoms with E-state index >= 15 is 0 Å². The lowest BCUT2D eigenvalue weighted by atomic mass is 10.3. The SMILES string of the molecule is O=[N+]([O-])c1ccc(Oc2ccc(F)cc2Br)nc1. The number of hydrogen-bond donors (Lipinski definition) is 0. The first-order valence-electron chi connectivity index (χ1n) is 4.79. The van der Waals surface area contributed by atoms with Gasteiger partial charge in [-0.3, -0.25) is 10.1 Å². The summed E-state index contributed by atoms with van der Waals surface area (Å²) >= 11 is 3.14. The first kappa shape index (κ1) is 12.4. The van der Waals surface area contributed by atoms with Gasteiger partial charge in [0.15, 0.2) is 0 Å². The van der Waals surface area contributed by atoms with E-state index in [0.717, 1.165) is 6.20 Å². The summed E-state index contributed by atoms with van der Waals surface area (Å²) in [5.74, 6) is 0.163. The Labute approximate surface area is 110 Å². The van der Waals surface area contributed by atoms with E-state index in [1.165, 1.54) is 30.3 Å². The molecule has 18 heavy (non-hydrogen) atoms. The zero-order valence-corrected chi connectivity index (χ0v) is 10.4. The zero-order valence-electron chi connectivity index (χ0n) is 8.84. The highest BCUT2D eigenvalue weighted by Crippen LogP contribution is 2.29. The molecule has 0 amide bonds. The van der Waals surface area contributed by atoms with Crippen molar-refractivity contribution in [2.45, 2.75) is 0 Å². The van der Waals surface area contributed by atoms with Crippen LogP contribution < -0.4 is 4.74 Å². The molecule has 0 spiro atoms. The van der Waals surface area contributed by atoms with Gasteiger partial charge in [0, 0.05) is 12.1 Å². The number of rotatable bonds is 3. The molecular formula is C11H6BrFN2O3. The lowest BCUT2D eigenvalue weighted by molar-refractivity contribution is -0.385. The predicted molar refractivity (Wildman–Crippen MR) is 65.1 cm³/mol. The molecule has 0 saturated heterocycles. The third-order valence-electron chi connectivity index (χ3n) is 2.04. The Morgan fingerprint density at radius 1 is 1.33 bits per heavy atom. The Hall–Kier alpha value is -2.02. The highest BCUT2D eigenvalue weighted by atomic mass is 79.9. The van der Waals surface area contributed by atoms with Crippen LogP contribution in [0.3, 0.4) is 0 Å². The van der Waals surface area contributed by atoms with Crippen LogP contribution >= 0.6 is 15.9 Å². The molecule has 0 aliphatic carbocycles. The predicted octanol–water partition coefficient (Wildman–Crippen LogP) is 3.68. The molecule has 2 rings (SSSR count). The van der Waals surface area contributed by atoms with Gasteiger partial charge < -0.3 is 4.74 Å². The van der Waals surface area contributed by atoms with Crippen molar-refractivity contribution in [3.8, 4) is 11.6 Å². The summed E-state index contributed by atoms with van der Waals surface area (Å²) in [6.07, 6.45) is 1.09. The van der Waals surface area contributed by atoms with Crippen LogP contribution in [0.25, 0.3) is 0 Å². The quantitative estimate of drug-likeness (QED) is 0.640. The van der Waals surface area contributed by atoms with Crippen LogP contribution in [0.15, 0.2) is 41.0 Å². The first-order chi connectivity index (χ1) is 8.56. The Morgan fingerprint density at radius 3 is 2.67 bits per heavy atom. The highest BCUT2D eigenvalue weighted by molar-refractivity contribution is 9.10. The van der Waals surface area contributed by atoms with Crippen molar-refractivity contribution < 1.29 is 14.1 Å². The minimum absolute atomic E-state index is 0.125. The van der Waals surface area contributed by atoms with Gasteiger partial charge in [0.1, 0.15) is 17.8 Å². The van der Waals surface area contributed by atoms with Gasteiger partial charge in [0.2, 0.25) is 5.88 Å². The van der Waals surface area contributed by atoms with Crippen LogP contribution in [0.5, 0.6) is 11.6 Å². The maximum Gasteiger partial charge on any atom is 0.287 e. The van der Waals surface area contributed by atoms with Crippen molar-refractivity contribution in [1.29, 1.82) is 0 Å². The molecule has 1 aromatic carbocycles. The summed E-state index contributed by atoms with van der Waals surface area (Å²) in [5.41, 5.74) is -0.125. The second-order valence-corrected chi connectivity index (χ2v) is 4.14. The van der Waals surface area contributed by atoms with E-state index in [1.807, 2.05) is 0 Å². The summed E-state index contributed by atoms with van der Waals surface area (Å²) in [4.78, 5) is 13.7. The summed E-state index contributed by atoms with van der Waals surface area (Å²) in [5, 5.41) is 10.4. The van der Waals surface area contributed by atoms with Gasteiger partial charge in [-0.25, -0.2) is 9.37 Å². The minimum Gasteiger partial charge on any atom is -0.438 e. The second-order valence-electron chi connectivity index (χ2n) is 3.29. The fraction of sp³-hybridized carbons (Fsp3) is 0. The van der Waals surface area contributed by atoms with Crippen molar-refractivity contribution in [1.82, 2.24) is 4.98 Å². The Balaban J connectivity index is 2.21. The number of hydrogen-bond acceptors (Lipinski definition) is 4. The highest BCUT2D eigenvalue weighted by Gasteiger charge is 2.08. The van der Waals surface area contributed by atoms with Crippen molar-refractivity contribution in [2.24, 2.45) is 0 Å². The van der Waals surface area contributed by atoms with Crippen molar-refractivity contribution in [3.63, 3.8) is 0 Å². The van der Waals surface area contributed by atoms with Crippen LogP contribution in [0.1, 0.15) is 0 Å². The average Bonchev–Trinajstić information content (AvgIpc) is 2.33. The van der Waals surface area contributed by atoms with E-state index in [9.17, 15) is 14.5 Å². The Bertz CT molecular complexity index is 589. The smallest absolute Gasteiger partial charge is 0.287 e. The molecular weight excluding hydrogens is 307 g/mol. The van der Waals surface area contributed by atoms with Gasteiger partial charge >= 0.3 is 0 Å². The molecule has 0 aliphatic heterocycles. The molecule has 0 unspecified atom stereocenters. The van der Waals surface area contributed by atoms with E-state index in [4.69, 9.17) is 4.74 Å². The lowest BCUT2D eigenvalue weighted by Crippen LogP contribution is -1.92. The van der Waals surface area contributed by atoms with Gasteiger partial charge in [-0.05, 0) is 34.1 Å². The van der Waals surface area contributed by atoms with E-state index in [-0.39, 0.29) is 11.6 Å². The summed E-state index contributed by atoms with van der Waals surface area (Å²) in [6, 6.07) is 6.57. The normalized spacial score (nSPS) is 10.1. The monoisotopic (exact) mass is 312 g/mol. The molecule has 2 aromatic rings. The second kappa shape index (κ2) is 5.09. The number of halogens is 2. The standard InChI is InChI=1S/C11H6BrFN2O3/c12-9-5-7(13)1-3-10(9)18-11-4-2-8(6-14-11)15(16)17/h1-6H. The van der Waals surface area contributed by atoms with Gasteiger partial charge in [0.25, 0.3) is 5.69 Å². The van der Waals surface area contributed by atoms with E-state index < -0.39 is 10.7 Å². The van der Waals surface area contributed by atoms with Crippen LogP contribution in [0, 0.1) is 15.9 Å². The number of benzene rings is 1. The van der Waals surface area contributed by atoms with Gasteiger partial charge in [-0.15, -0.1) is 0 Å². The molecule has 0 aliphatic rings. The molecule has 0 N–H and O–H groups in total. The molecule has 7 heteroatoms. The Morgan fingerprint density at radius 2 is 2.11 bits per heavy atom. The van der Waals surface area contributed by atoms with E-state index in [1.54, 1.807) is 0 Å². The molecule has 0 bridgehead atoms. The van der Waals surface area contributed by atoms with Gasteiger partial charge in [0.05, 0.1) is 9.40 Å². The van der Waals surface area contributed by atoms with Crippen LogP contribution in [0.4, 0.5) is 10.1 Å². The third-order valence-corrected chi connectivity index (χ3v) is 2.66. The largest absolute Gasteiger partial charge is 0.438 e. The average molecular weight is 313 g/mol. The summed E-state index contributed by atoms with van der Waals surface area (Å²) in [6.45, 7) is 0. The van der Waals surface area contributed by atoms with Crippen LogP contribution in [0.2, 0.25) is 0 Å². The van der Waals surface area contributed by atoms with Crippen LogP contribution in [-0.4, -0.2) is 9.91 Å². The maximum absolute atomic E-state index is 12.9. The van der Waals surface area contributed by atoms with Gasteiger partial charge in [-0.1, -0.05) is 0 Å². The molecule has 0 saturated carbocycles. The molecule has 0 atom stereocenters. The van der Waals surface area contributed by atoms with E-state index in [0.29, 0.717) is 10.2 Å². The molecule has 1 heterocycles. The molecule has 92 valence electrons. The van der Waals surface area contributed by atoms with Gasteiger partial charge in [-0.2, -0.15) is 0 Å². The summed E-state index contributed by atoms with van der Waals surface area (Å²) in [7, 11) is 0. The number of aromatic nitrogens is 1. The fourth-order valence-corrected chi connectivity index (χ4v) is 1.64. The molecule has 5 nitrogen and oxygen atoms in total. The summed E-state index contributed by atoms with van der Waals surface area (Å²) < 4.78 is 18.6. The first-order valence-corrected chi connectivity index (χ1v) is 5.59. The molecule has 1 aromatic heterocycles. The van der Waals surface area contributed by atoms with Crippen LogP contribution in [-0.2, 0) is 0 Å². The van der Waals surface area contributed by atoms with Crippen molar-refractivity contribution >= 4 is 21.6 Å². The number of nitro groups is 1. The number of pyridine rings is 1.